The summed E-state index contributed by atoms with van der Waals surface area (Å²) < 4.78 is 34.0. The van der Waals surface area contributed by atoms with Gasteiger partial charge in [-0.3, -0.25) is 0 Å². The minimum atomic E-state index is -3.44. The number of nitrogens with zero attached hydrogens (tertiary/aromatic N) is 1. The van der Waals surface area contributed by atoms with Crippen molar-refractivity contribution < 1.29 is 17.7 Å². The van der Waals surface area contributed by atoms with Crippen molar-refractivity contribution in [3.05, 3.63) is 22.7 Å². The molecule has 1 aromatic carbocycles. The molecular formula is C11H11BrN2O4S. The van der Waals surface area contributed by atoms with Crippen LogP contribution in [0.25, 0.3) is 11.3 Å². The number of sulfone groups is 1. The molecule has 19 heavy (non-hydrogen) atoms. The van der Waals surface area contributed by atoms with Crippen molar-refractivity contribution >= 4 is 31.7 Å². The van der Waals surface area contributed by atoms with Crippen molar-refractivity contribution in [3.8, 4) is 17.0 Å². The first-order valence-corrected chi connectivity index (χ1v) is 7.81. The molecule has 102 valence electrons. The summed E-state index contributed by atoms with van der Waals surface area (Å²) in [4.78, 5) is 0.0703. The summed E-state index contributed by atoms with van der Waals surface area (Å²) in [6.45, 7) is 0. The largest absolute Gasteiger partial charge is 0.494 e. The molecule has 0 unspecified atom stereocenters. The quantitative estimate of drug-likeness (QED) is 0.914. The molecule has 2 N–H and O–H groups in total. The number of aromatic nitrogens is 1. The minimum Gasteiger partial charge on any atom is -0.494 e. The molecule has 1 heterocycles. The number of benzene rings is 1. The Hall–Kier alpha value is -1.54. The van der Waals surface area contributed by atoms with Gasteiger partial charge in [0.05, 0.1) is 11.6 Å². The Balaban J connectivity index is 2.70. The highest BCUT2D eigenvalue weighted by Crippen LogP contribution is 2.37. The zero-order valence-corrected chi connectivity index (χ0v) is 12.6. The fourth-order valence-electron chi connectivity index (χ4n) is 1.61. The third kappa shape index (κ3) is 2.74. The number of halogens is 1. The van der Waals surface area contributed by atoms with Crippen LogP contribution < -0.4 is 10.5 Å². The lowest BCUT2D eigenvalue weighted by molar-refractivity contribution is 0.400. The molecule has 2 aromatic rings. The van der Waals surface area contributed by atoms with E-state index < -0.39 is 9.84 Å². The lowest BCUT2D eigenvalue weighted by atomic mass is 10.1. The predicted molar refractivity (Wildman–Crippen MR) is 73.7 cm³/mol. The molecule has 8 heteroatoms. The van der Waals surface area contributed by atoms with Gasteiger partial charge in [-0.05, 0) is 28.1 Å². The molecule has 0 saturated heterocycles. The Labute approximate surface area is 118 Å². The van der Waals surface area contributed by atoms with Crippen molar-refractivity contribution in [2.45, 2.75) is 4.90 Å². The normalized spacial score (nSPS) is 11.5. The Morgan fingerprint density at radius 2 is 2.05 bits per heavy atom. The average Bonchev–Trinajstić information content (AvgIpc) is 2.73. The molecule has 0 amide bonds. The van der Waals surface area contributed by atoms with Crippen LogP contribution in [0.4, 0.5) is 5.88 Å². The third-order valence-electron chi connectivity index (χ3n) is 2.44. The lowest BCUT2D eigenvalue weighted by Gasteiger charge is -2.10. The highest BCUT2D eigenvalue weighted by atomic mass is 79.9. The molecule has 0 radical (unpaired) electrons. The number of hydrogen-bond acceptors (Lipinski definition) is 6. The number of hydrogen-bond donors (Lipinski definition) is 1. The van der Waals surface area contributed by atoms with Crippen LogP contribution in [0.3, 0.4) is 0 Å². The predicted octanol–water partition coefficient (Wildman–Crippen LogP) is 2.10. The van der Waals surface area contributed by atoms with E-state index in [-0.39, 0.29) is 16.5 Å². The van der Waals surface area contributed by atoms with Crippen molar-refractivity contribution in [1.29, 1.82) is 0 Å². The molecule has 0 aliphatic rings. The van der Waals surface area contributed by atoms with Crippen molar-refractivity contribution in [1.82, 2.24) is 5.16 Å². The van der Waals surface area contributed by atoms with E-state index in [1.165, 1.54) is 19.2 Å². The molecule has 0 saturated carbocycles. The van der Waals surface area contributed by atoms with E-state index in [9.17, 15) is 8.42 Å². The van der Waals surface area contributed by atoms with Crippen LogP contribution in [0, 0.1) is 0 Å². The van der Waals surface area contributed by atoms with Gasteiger partial charge in [-0.15, -0.1) is 0 Å². The molecule has 2 rings (SSSR count). The average molecular weight is 347 g/mol. The summed E-state index contributed by atoms with van der Waals surface area (Å²) >= 11 is 3.28. The monoisotopic (exact) mass is 346 g/mol. The van der Waals surface area contributed by atoms with Crippen LogP contribution in [-0.4, -0.2) is 26.9 Å². The number of ether oxygens (including phenoxy) is 1. The SMILES string of the molecule is COc1c(Br)cc(-c2cc(N)on2)cc1S(C)(=O)=O. The zero-order chi connectivity index (χ0) is 14.2. The van der Waals surface area contributed by atoms with Crippen molar-refractivity contribution in [3.63, 3.8) is 0 Å². The van der Waals surface area contributed by atoms with E-state index in [0.29, 0.717) is 15.7 Å². The second-order valence-electron chi connectivity index (χ2n) is 3.88. The first-order valence-electron chi connectivity index (χ1n) is 5.13. The highest BCUT2D eigenvalue weighted by Gasteiger charge is 2.20. The summed E-state index contributed by atoms with van der Waals surface area (Å²) in [5.74, 6) is 0.408. The number of methoxy groups -OCH3 is 1. The van der Waals surface area contributed by atoms with Crippen LogP contribution in [0.2, 0.25) is 0 Å². The minimum absolute atomic E-state index is 0.0703. The van der Waals surface area contributed by atoms with Gasteiger partial charge in [-0.1, -0.05) is 5.16 Å². The molecule has 1 aromatic heterocycles. The second kappa shape index (κ2) is 4.86. The summed E-state index contributed by atoms with van der Waals surface area (Å²) in [5, 5.41) is 3.75. The topological polar surface area (TPSA) is 95.4 Å². The summed E-state index contributed by atoms with van der Waals surface area (Å²) in [6.07, 6.45) is 1.11. The number of nitrogen functional groups attached to an aromatic ring is 1. The number of rotatable bonds is 3. The lowest BCUT2D eigenvalue weighted by Crippen LogP contribution is -2.02. The third-order valence-corrected chi connectivity index (χ3v) is 4.13. The van der Waals surface area contributed by atoms with Crippen LogP contribution in [0.5, 0.6) is 5.75 Å². The highest BCUT2D eigenvalue weighted by molar-refractivity contribution is 9.10. The molecule has 0 aliphatic heterocycles. The fourth-order valence-corrected chi connectivity index (χ4v) is 3.24. The Kier molecular flexibility index (Phi) is 3.55. The van der Waals surface area contributed by atoms with Crippen LogP contribution in [-0.2, 0) is 9.84 Å². The first kappa shape index (κ1) is 13.9. The van der Waals surface area contributed by atoms with E-state index >= 15 is 0 Å². The van der Waals surface area contributed by atoms with Gasteiger partial charge in [0.2, 0.25) is 5.88 Å². The van der Waals surface area contributed by atoms with Gasteiger partial charge in [-0.25, -0.2) is 8.42 Å². The van der Waals surface area contributed by atoms with Crippen LogP contribution in [0.1, 0.15) is 0 Å². The van der Waals surface area contributed by atoms with Gasteiger partial charge in [0.1, 0.15) is 10.6 Å². The molecule has 0 aliphatic carbocycles. The van der Waals surface area contributed by atoms with Gasteiger partial charge >= 0.3 is 0 Å². The van der Waals surface area contributed by atoms with E-state index in [2.05, 4.69) is 21.1 Å². The zero-order valence-electron chi connectivity index (χ0n) is 10.2. The summed E-state index contributed by atoms with van der Waals surface area (Å²) in [7, 11) is -2.03. The Bertz CT molecular complexity index is 724. The van der Waals surface area contributed by atoms with Gasteiger partial charge in [0, 0.05) is 17.9 Å². The maximum atomic E-state index is 11.8. The standard InChI is InChI=1S/C11H11BrN2O4S/c1-17-11-7(12)3-6(4-9(11)19(2,15)16)8-5-10(13)18-14-8/h3-5H,13H2,1-2H3. The maximum Gasteiger partial charge on any atom is 0.222 e. The second-order valence-corrected chi connectivity index (χ2v) is 6.71. The number of nitrogens with two attached hydrogens (primary N) is 1. The van der Waals surface area contributed by atoms with Crippen molar-refractivity contribution in [2.75, 3.05) is 19.1 Å². The van der Waals surface area contributed by atoms with Gasteiger partial charge in [0.15, 0.2) is 15.6 Å². The smallest absolute Gasteiger partial charge is 0.222 e. The molecule has 0 fully saturated rings. The fraction of sp³-hybridized carbons (Fsp3) is 0.182. The van der Waals surface area contributed by atoms with Crippen molar-refractivity contribution in [2.24, 2.45) is 0 Å². The molecule has 0 bridgehead atoms. The maximum absolute atomic E-state index is 11.8. The van der Waals surface area contributed by atoms with E-state index in [1.807, 2.05) is 0 Å². The van der Waals surface area contributed by atoms with E-state index in [1.54, 1.807) is 6.07 Å². The van der Waals surface area contributed by atoms with Gasteiger partial charge < -0.3 is 15.0 Å². The molecule has 0 atom stereocenters. The molecular weight excluding hydrogens is 336 g/mol. The van der Waals surface area contributed by atoms with Crippen LogP contribution >= 0.6 is 15.9 Å². The van der Waals surface area contributed by atoms with Gasteiger partial charge in [0.25, 0.3) is 0 Å². The first-order chi connectivity index (χ1) is 8.82. The van der Waals surface area contributed by atoms with E-state index in [4.69, 9.17) is 15.0 Å². The summed E-state index contributed by atoms with van der Waals surface area (Å²) in [5.41, 5.74) is 6.46. The Morgan fingerprint density at radius 1 is 1.37 bits per heavy atom. The van der Waals surface area contributed by atoms with Crippen LogP contribution in [0.15, 0.2) is 32.1 Å². The summed E-state index contributed by atoms with van der Waals surface area (Å²) in [6, 6.07) is 4.67. The molecule has 6 nitrogen and oxygen atoms in total. The molecule has 0 spiro atoms. The van der Waals surface area contributed by atoms with Gasteiger partial charge in [-0.2, -0.15) is 0 Å². The van der Waals surface area contributed by atoms with E-state index in [0.717, 1.165) is 6.26 Å². The Morgan fingerprint density at radius 3 is 2.53 bits per heavy atom. The number of anilines is 1.